The lowest BCUT2D eigenvalue weighted by atomic mass is 10.2. The number of aromatic hydroxyl groups is 1. The molecular formula is C16H13ClN4OS. The molecule has 116 valence electrons. The number of aromatic nitrogens is 1. The smallest absolute Gasteiger partial charge is 0.218 e. The van der Waals surface area contributed by atoms with Gasteiger partial charge in [-0.15, -0.1) is 10.2 Å². The summed E-state index contributed by atoms with van der Waals surface area (Å²) in [6.45, 7) is 1.97. The van der Waals surface area contributed by atoms with Crippen molar-refractivity contribution in [2.24, 2.45) is 10.2 Å². The van der Waals surface area contributed by atoms with Gasteiger partial charge in [-0.2, -0.15) is 0 Å². The van der Waals surface area contributed by atoms with E-state index in [1.54, 1.807) is 24.3 Å². The molecule has 3 N–H and O–H groups in total. The lowest BCUT2D eigenvalue weighted by Crippen LogP contribution is -2.04. The number of benzene rings is 2. The first-order chi connectivity index (χ1) is 11.0. The van der Waals surface area contributed by atoms with Crippen LogP contribution in [-0.4, -0.2) is 15.2 Å². The van der Waals surface area contributed by atoms with Crippen LogP contribution in [0.3, 0.4) is 0 Å². The zero-order valence-electron chi connectivity index (χ0n) is 12.2. The molecule has 0 unspecified atom stereocenters. The first-order valence-electron chi connectivity index (χ1n) is 6.82. The number of hydrogen-bond acceptors (Lipinski definition) is 3. The second-order valence-electron chi connectivity index (χ2n) is 5.01. The van der Waals surface area contributed by atoms with Gasteiger partial charge in [0, 0.05) is 16.1 Å². The third-order valence-corrected chi connectivity index (χ3v) is 3.68. The maximum absolute atomic E-state index is 9.97. The van der Waals surface area contributed by atoms with Crippen LogP contribution in [0.2, 0.25) is 5.02 Å². The summed E-state index contributed by atoms with van der Waals surface area (Å²) in [5.41, 5.74) is 2.98. The quantitative estimate of drug-likeness (QED) is 0.435. The number of nitrogens with zero attached hydrogens (tertiary/aromatic N) is 2. The highest BCUT2D eigenvalue weighted by Gasteiger charge is 2.10. The number of fused-ring (bicyclic) bond motifs is 1. The third-order valence-electron chi connectivity index (χ3n) is 3.24. The van der Waals surface area contributed by atoms with Gasteiger partial charge in [0.15, 0.2) is 5.69 Å². The van der Waals surface area contributed by atoms with Crippen LogP contribution < -0.4 is 5.32 Å². The highest BCUT2D eigenvalue weighted by atomic mass is 35.5. The minimum Gasteiger partial charge on any atom is -0.493 e. The molecule has 0 fully saturated rings. The van der Waals surface area contributed by atoms with Crippen LogP contribution in [0.25, 0.3) is 10.9 Å². The summed E-state index contributed by atoms with van der Waals surface area (Å²) < 4.78 is 0. The number of rotatable bonds is 2. The van der Waals surface area contributed by atoms with Crippen molar-refractivity contribution in [1.82, 2.24) is 4.98 Å². The van der Waals surface area contributed by atoms with Crippen molar-refractivity contribution >= 4 is 51.2 Å². The zero-order chi connectivity index (χ0) is 16.4. The molecule has 0 saturated heterocycles. The molecule has 2 aromatic carbocycles. The molecule has 0 radical (unpaired) electrons. The Balaban J connectivity index is 1.82. The monoisotopic (exact) mass is 344 g/mol. The molecule has 5 nitrogen and oxygen atoms in total. The molecule has 0 amide bonds. The van der Waals surface area contributed by atoms with Gasteiger partial charge in [-0.25, -0.2) is 0 Å². The number of azo groups is 1. The highest BCUT2D eigenvalue weighted by molar-refractivity contribution is 7.80. The van der Waals surface area contributed by atoms with E-state index < -0.39 is 0 Å². The van der Waals surface area contributed by atoms with Crippen molar-refractivity contribution in [2.45, 2.75) is 6.92 Å². The number of nitrogens with one attached hydrogen (secondary N) is 2. The van der Waals surface area contributed by atoms with Gasteiger partial charge in [0.05, 0.1) is 5.52 Å². The van der Waals surface area contributed by atoms with Gasteiger partial charge in [-0.1, -0.05) is 23.2 Å². The summed E-state index contributed by atoms with van der Waals surface area (Å²) in [4.78, 5) is 2.86. The molecule has 0 bridgehead atoms. The van der Waals surface area contributed by atoms with Crippen LogP contribution in [0, 0.1) is 6.92 Å². The Morgan fingerprint density at radius 1 is 1.22 bits per heavy atom. The fraction of sp³-hybridized carbons (Fsp3) is 0.0625. The number of anilines is 1. The minimum atomic E-state index is -0.0383. The van der Waals surface area contributed by atoms with Gasteiger partial charge in [0.1, 0.15) is 0 Å². The van der Waals surface area contributed by atoms with Crippen LogP contribution >= 0.6 is 23.8 Å². The van der Waals surface area contributed by atoms with Gasteiger partial charge in [-0.05, 0) is 55.5 Å². The third kappa shape index (κ3) is 3.49. The molecule has 0 saturated carbocycles. The van der Waals surface area contributed by atoms with E-state index in [2.05, 4.69) is 20.5 Å². The van der Waals surface area contributed by atoms with Gasteiger partial charge in [-0.3, -0.25) is 0 Å². The zero-order valence-corrected chi connectivity index (χ0v) is 13.7. The number of hydrogen-bond donors (Lipinski definition) is 3. The number of aryl methyl sites for hydroxylation is 1. The summed E-state index contributed by atoms with van der Waals surface area (Å²) in [7, 11) is 0. The average Bonchev–Trinajstić information content (AvgIpc) is 2.82. The maximum atomic E-state index is 9.97. The van der Waals surface area contributed by atoms with Crippen LogP contribution in [0.15, 0.2) is 52.7 Å². The van der Waals surface area contributed by atoms with Gasteiger partial charge >= 0.3 is 0 Å². The van der Waals surface area contributed by atoms with E-state index in [4.69, 9.17) is 23.8 Å². The molecule has 3 aromatic rings. The van der Waals surface area contributed by atoms with Crippen LogP contribution in [0.5, 0.6) is 5.88 Å². The lowest BCUT2D eigenvalue weighted by molar-refractivity contribution is 0.459. The first-order valence-corrected chi connectivity index (χ1v) is 7.61. The summed E-state index contributed by atoms with van der Waals surface area (Å²) >= 11 is 11.0. The van der Waals surface area contributed by atoms with Crippen LogP contribution in [0.4, 0.5) is 11.4 Å². The second-order valence-corrected chi connectivity index (χ2v) is 5.83. The summed E-state index contributed by atoms with van der Waals surface area (Å²) in [6.07, 6.45) is 0. The van der Waals surface area contributed by atoms with E-state index in [1.165, 1.54) is 0 Å². The van der Waals surface area contributed by atoms with E-state index in [-0.39, 0.29) is 11.0 Å². The van der Waals surface area contributed by atoms with Crippen LogP contribution in [-0.2, 0) is 0 Å². The Morgan fingerprint density at radius 2 is 1.96 bits per heavy atom. The van der Waals surface area contributed by atoms with E-state index in [1.807, 2.05) is 25.1 Å². The predicted molar refractivity (Wildman–Crippen MR) is 96.9 cm³/mol. The summed E-state index contributed by atoms with van der Waals surface area (Å²) in [5.74, 6) is -0.0383. The van der Waals surface area contributed by atoms with Gasteiger partial charge in [0.2, 0.25) is 11.0 Å². The topological polar surface area (TPSA) is 72.8 Å². The molecule has 0 atom stereocenters. The number of H-pyrrole nitrogens is 1. The molecule has 1 aromatic heterocycles. The Morgan fingerprint density at radius 3 is 2.70 bits per heavy atom. The lowest BCUT2D eigenvalue weighted by Gasteiger charge is -2.02. The SMILES string of the molecule is Cc1ccc2[nH]c(O)c(N=NC(=S)Nc3ccc(Cl)cc3)c2c1. The molecular weight excluding hydrogens is 332 g/mol. The normalized spacial score (nSPS) is 11.2. The van der Waals surface area contributed by atoms with E-state index in [0.717, 1.165) is 22.2 Å². The Hall–Kier alpha value is -2.44. The number of halogens is 1. The van der Waals surface area contributed by atoms with Crippen molar-refractivity contribution in [3.05, 3.63) is 53.1 Å². The van der Waals surface area contributed by atoms with Crippen molar-refractivity contribution in [3.63, 3.8) is 0 Å². The molecule has 0 aliphatic heterocycles. The van der Waals surface area contributed by atoms with Crippen molar-refractivity contribution in [1.29, 1.82) is 0 Å². The van der Waals surface area contributed by atoms with E-state index in [9.17, 15) is 5.11 Å². The molecule has 0 aliphatic rings. The standard InChI is InChI=1S/C16H13ClN4OS/c1-9-2-7-13-12(8-9)14(15(22)19-13)20-21-16(23)18-11-5-3-10(17)4-6-11/h2-8,19,22H,1H3,(H,18,23). The van der Waals surface area contributed by atoms with E-state index >= 15 is 0 Å². The summed E-state index contributed by atoms with van der Waals surface area (Å²) in [5, 5.41) is 22.5. The Labute approximate surface area is 143 Å². The number of aromatic amines is 1. The molecule has 0 aliphatic carbocycles. The minimum absolute atomic E-state index is 0.0383. The van der Waals surface area contributed by atoms with Crippen molar-refractivity contribution in [2.75, 3.05) is 5.32 Å². The predicted octanol–water partition coefficient (Wildman–Crippen LogP) is 5.32. The molecule has 3 rings (SSSR count). The molecule has 7 heteroatoms. The Bertz CT molecular complexity index is 902. The number of thiocarbonyl (C=S) groups is 1. The average molecular weight is 345 g/mol. The molecule has 0 spiro atoms. The fourth-order valence-corrected chi connectivity index (χ4v) is 2.44. The van der Waals surface area contributed by atoms with Crippen LogP contribution in [0.1, 0.15) is 5.56 Å². The van der Waals surface area contributed by atoms with Gasteiger partial charge in [0.25, 0.3) is 0 Å². The van der Waals surface area contributed by atoms with Crippen molar-refractivity contribution < 1.29 is 5.11 Å². The van der Waals surface area contributed by atoms with Gasteiger partial charge < -0.3 is 15.4 Å². The Kier molecular flexibility index (Phi) is 4.27. The second kappa shape index (κ2) is 6.36. The van der Waals surface area contributed by atoms with E-state index in [0.29, 0.717) is 10.7 Å². The fourth-order valence-electron chi connectivity index (χ4n) is 2.16. The highest BCUT2D eigenvalue weighted by Crippen LogP contribution is 2.35. The first kappa shape index (κ1) is 15.5. The summed E-state index contributed by atoms with van der Waals surface area (Å²) in [6, 6.07) is 12.8. The molecule has 23 heavy (non-hydrogen) atoms. The maximum Gasteiger partial charge on any atom is 0.218 e. The van der Waals surface area contributed by atoms with Crippen molar-refractivity contribution in [3.8, 4) is 5.88 Å². The molecule has 1 heterocycles. The largest absolute Gasteiger partial charge is 0.493 e.